The predicted octanol–water partition coefficient (Wildman–Crippen LogP) is 5.61. The maximum Gasteiger partial charge on any atom is 0.346 e. The highest BCUT2D eigenvalue weighted by Gasteiger charge is 2.22. The van der Waals surface area contributed by atoms with E-state index in [1.165, 1.54) is 0 Å². The zero-order valence-electron chi connectivity index (χ0n) is 16.1. The van der Waals surface area contributed by atoms with Crippen molar-refractivity contribution in [3.8, 4) is 11.3 Å². The first-order valence-corrected chi connectivity index (χ1v) is 10.3. The Bertz CT molecular complexity index is 1450. The quantitative estimate of drug-likeness (QED) is 0.266. The van der Waals surface area contributed by atoms with Gasteiger partial charge in [-0.3, -0.25) is 0 Å². The van der Waals surface area contributed by atoms with Gasteiger partial charge in [-0.1, -0.05) is 59.6 Å². The first-order chi connectivity index (χ1) is 14.1. The highest BCUT2D eigenvalue weighted by Crippen LogP contribution is 2.37. The Balaban J connectivity index is 2.10. The van der Waals surface area contributed by atoms with E-state index in [1.807, 2.05) is 55.6 Å². The van der Waals surface area contributed by atoms with Crippen molar-refractivity contribution in [2.75, 3.05) is 0 Å². The number of pyridine rings is 1. The van der Waals surface area contributed by atoms with Gasteiger partial charge in [0.05, 0.1) is 16.5 Å². The van der Waals surface area contributed by atoms with Gasteiger partial charge < -0.3 is 4.42 Å². The molecule has 0 amide bonds. The summed E-state index contributed by atoms with van der Waals surface area (Å²) in [4.78, 5) is 17.9. The van der Waals surface area contributed by atoms with Crippen molar-refractivity contribution in [3.63, 3.8) is 0 Å². The summed E-state index contributed by atoms with van der Waals surface area (Å²) in [5.74, 6) is 0. The van der Waals surface area contributed by atoms with Crippen LogP contribution in [-0.4, -0.2) is 14.8 Å². The molecule has 5 nitrogen and oxygen atoms in total. The minimum Gasteiger partial charge on any atom is -0.422 e. The average molecular weight is 448 g/mol. The number of aryl methyl sites for hydroxylation is 2. The van der Waals surface area contributed by atoms with Gasteiger partial charge in [-0.15, -0.1) is 0 Å². The van der Waals surface area contributed by atoms with Crippen molar-refractivity contribution in [2.45, 2.75) is 19.8 Å². The van der Waals surface area contributed by atoms with Crippen LogP contribution in [0.3, 0.4) is 0 Å². The maximum atomic E-state index is 13.0. The molecule has 0 aliphatic heterocycles. The molecule has 6 heteroatoms. The van der Waals surface area contributed by atoms with Gasteiger partial charge >= 0.3 is 5.63 Å². The summed E-state index contributed by atoms with van der Waals surface area (Å²) in [6.45, 7) is 2.08. The molecule has 5 aromatic rings. The second-order valence-electron chi connectivity index (χ2n) is 7.13. The van der Waals surface area contributed by atoms with Crippen molar-refractivity contribution in [1.82, 2.24) is 14.8 Å². The summed E-state index contributed by atoms with van der Waals surface area (Å²) in [7, 11) is 1.90. The molecule has 3 heterocycles. The van der Waals surface area contributed by atoms with E-state index in [1.54, 1.807) is 4.68 Å². The zero-order valence-corrected chi connectivity index (χ0v) is 17.7. The van der Waals surface area contributed by atoms with Crippen LogP contribution in [-0.2, 0) is 13.5 Å². The fourth-order valence-electron chi connectivity index (χ4n) is 3.97. The van der Waals surface area contributed by atoms with E-state index >= 15 is 0 Å². The van der Waals surface area contributed by atoms with Crippen molar-refractivity contribution in [2.24, 2.45) is 7.05 Å². The first kappa shape index (κ1) is 18.1. The van der Waals surface area contributed by atoms with Crippen LogP contribution in [0.15, 0.2) is 62.2 Å². The van der Waals surface area contributed by atoms with E-state index in [0.717, 1.165) is 49.7 Å². The van der Waals surface area contributed by atoms with Crippen LogP contribution in [0.4, 0.5) is 0 Å². The lowest BCUT2D eigenvalue weighted by Crippen LogP contribution is -2.07. The van der Waals surface area contributed by atoms with Crippen molar-refractivity contribution in [1.29, 1.82) is 0 Å². The number of rotatable bonds is 3. The van der Waals surface area contributed by atoms with Gasteiger partial charge in [-0.05, 0) is 24.6 Å². The number of halogens is 1. The molecule has 144 valence electrons. The van der Waals surface area contributed by atoms with Crippen molar-refractivity contribution < 1.29 is 4.42 Å². The highest BCUT2D eigenvalue weighted by molar-refractivity contribution is 9.10. The van der Waals surface area contributed by atoms with Gasteiger partial charge in [0.1, 0.15) is 11.3 Å². The normalized spacial score (nSPS) is 11.7. The number of fused-ring (bicyclic) bond motifs is 5. The number of hydrogen-bond donors (Lipinski definition) is 0. The first-order valence-electron chi connectivity index (χ1n) is 9.55. The fraction of sp³-hybridized carbons (Fsp3) is 0.174. The molecular formula is C23H18BrN3O2. The number of aromatic nitrogens is 3. The summed E-state index contributed by atoms with van der Waals surface area (Å²) in [5.41, 5.74) is 3.54. The van der Waals surface area contributed by atoms with Gasteiger partial charge in [-0.2, -0.15) is 5.10 Å². The van der Waals surface area contributed by atoms with E-state index in [4.69, 9.17) is 14.5 Å². The Morgan fingerprint density at radius 2 is 1.86 bits per heavy atom. The Morgan fingerprint density at radius 1 is 1.07 bits per heavy atom. The van der Waals surface area contributed by atoms with Crippen LogP contribution >= 0.6 is 15.9 Å². The minimum absolute atomic E-state index is 0.351. The van der Waals surface area contributed by atoms with Crippen LogP contribution in [0.5, 0.6) is 0 Å². The second kappa shape index (κ2) is 6.81. The van der Waals surface area contributed by atoms with Gasteiger partial charge in [0.15, 0.2) is 5.65 Å². The molecule has 0 atom stereocenters. The summed E-state index contributed by atoms with van der Waals surface area (Å²) in [5, 5.41) is 7.95. The molecule has 0 bridgehead atoms. The summed E-state index contributed by atoms with van der Waals surface area (Å²) < 4.78 is 8.40. The molecule has 5 rings (SSSR count). The molecule has 0 fully saturated rings. The second-order valence-corrected chi connectivity index (χ2v) is 8.04. The van der Waals surface area contributed by atoms with Crippen LogP contribution in [0, 0.1) is 0 Å². The van der Waals surface area contributed by atoms with Crippen molar-refractivity contribution in [3.05, 3.63) is 69.1 Å². The van der Waals surface area contributed by atoms with Crippen LogP contribution in [0.25, 0.3) is 44.0 Å². The zero-order chi connectivity index (χ0) is 20.1. The monoisotopic (exact) mass is 447 g/mol. The third-order valence-electron chi connectivity index (χ3n) is 5.20. The SMILES string of the molecule is CCCc1nc2c(c(-c3ccccc3)nn2C)c2c1c(=O)oc1ccc(Br)cc12. The van der Waals surface area contributed by atoms with E-state index in [-0.39, 0.29) is 5.63 Å². The average Bonchev–Trinajstić information content (AvgIpc) is 3.05. The Morgan fingerprint density at radius 3 is 2.62 bits per heavy atom. The molecule has 0 N–H and O–H groups in total. The van der Waals surface area contributed by atoms with E-state index in [9.17, 15) is 4.79 Å². The molecule has 0 aliphatic carbocycles. The Kier molecular flexibility index (Phi) is 4.24. The summed E-state index contributed by atoms with van der Waals surface area (Å²) in [6.07, 6.45) is 1.58. The van der Waals surface area contributed by atoms with Gasteiger partial charge in [0.2, 0.25) is 0 Å². The molecule has 0 radical (unpaired) electrons. The maximum absolute atomic E-state index is 13.0. The van der Waals surface area contributed by atoms with Gasteiger partial charge in [-0.25, -0.2) is 14.5 Å². The van der Waals surface area contributed by atoms with Gasteiger partial charge in [0, 0.05) is 27.9 Å². The number of benzene rings is 2. The number of nitrogens with zero attached hydrogens (tertiary/aromatic N) is 3. The fourth-order valence-corrected chi connectivity index (χ4v) is 4.33. The molecular weight excluding hydrogens is 430 g/mol. The topological polar surface area (TPSA) is 60.9 Å². The summed E-state index contributed by atoms with van der Waals surface area (Å²) in [6, 6.07) is 15.7. The van der Waals surface area contributed by atoms with E-state index in [2.05, 4.69) is 22.9 Å². The summed E-state index contributed by atoms with van der Waals surface area (Å²) >= 11 is 3.56. The third-order valence-corrected chi connectivity index (χ3v) is 5.69. The smallest absolute Gasteiger partial charge is 0.346 e. The molecule has 29 heavy (non-hydrogen) atoms. The Hall–Kier alpha value is -2.99. The molecule has 2 aromatic carbocycles. The van der Waals surface area contributed by atoms with Crippen LogP contribution in [0.2, 0.25) is 0 Å². The standard InChI is InChI=1S/C23H18BrN3O2/c1-3-7-16-19-18(15-12-14(24)10-11-17(15)29-23(19)28)20-21(13-8-5-4-6-9-13)26-27(2)22(20)25-16/h4-6,8-12H,3,7H2,1-2H3. The van der Waals surface area contributed by atoms with Crippen LogP contribution in [0.1, 0.15) is 19.0 Å². The lowest BCUT2D eigenvalue weighted by atomic mass is 9.99. The Labute approximate surface area is 175 Å². The lowest BCUT2D eigenvalue weighted by Gasteiger charge is -2.10. The molecule has 0 aliphatic rings. The minimum atomic E-state index is -0.351. The van der Waals surface area contributed by atoms with Crippen molar-refractivity contribution >= 4 is 48.7 Å². The highest BCUT2D eigenvalue weighted by atomic mass is 79.9. The predicted molar refractivity (Wildman–Crippen MR) is 119 cm³/mol. The third kappa shape index (κ3) is 2.78. The van der Waals surface area contributed by atoms with Gasteiger partial charge in [0.25, 0.3) is 0 Å². The largest absolute Gasteiger partial charge is 0.422 e. The van der Waals surface area contributed by atoms with Crippen LogP contribution < -0.4 is 5.63 Å². The lowest BCUT2D eigenvalue weighted by molar-refractivity contribution is 0.568. The van der Waals surface area contributed by atoms with E-state index < -0.39 is 0 Å². The molecule has 3 aromatic heterocycles. The van der Waals surface area contributed by atoms with E-state index in [0.29, 0.717) is 17.4 Å². The molecule has 0 unspecified atom stereocenters. The molecule has 0 saturated heterocycles. The number of hydrogen-bond acceptors (Lipinski definition) is 4. The molecule has 0 saturated carbocycles. The molecule has 0 spiro atoms.